The highest BCUT2D eigenvalue weighted by molar-refractivity contribution is 7.14. The number of amides is 1. The van der Waals surface area contributed by atoms with E-state index < -0.39 is 0 Å². The van der Waals surface area contributed by atoms with Gasteiger partial charge in [-0.2, -0.15) is 0 Å². The molecule has 0 spiro atoms. The van der Waals surface area contributed by atoms with Gasteiger partial charge in [-0.3, -0.25) is 10.1 Å². The Labute approximate surface area is 168 Å². The van der Waals surface area contributed by atoms with Gasteiger partial charge in [0.05, 0.1) is 5.69 Å². The van der Waals surface area contributed by atoms with E-state index in [4.69, 9.17) is 9.47 Å². The molecule has 1 amide bonds. The van der Waals surface area contributed by atoms with Crippen molar-refractivity contribution >= 4 is 28.5 Å². The second-order valence-electron chi connectivity index (χ2n) is 6.28. The second kappa shape index (κ2) is 9.30. The van der Waals surface area contributed by atoms with Crippen LogP contribution in [0.3, 0.4) is 0 Å². The number of carbonyl (C=O) groups excluding carboxylic acids is 1. The number of hydrogen-bond acceptors (Lipinski definition) is 5. The number of nitrogens with one attached hydrogen (secondary N) is 1. The SMILES string of the molecule is COCOc1ccc(/C=C/C(=O)Nc2nc(-c3ccc(C)c(C)c3)cs2)cc1. The third-order valence-corrected chi connectivity index (χ3v) is 4.95. The first-order chi connectivity index (χ1) is 13.5. The third kappa shape index (κ3) is 5.28. The fourth-order valence-electron chi connectivity index (χ4n) is 2.49. The molecule has 1 N–H and O–H groups in total. The molecule has 0 saturated carbocycles. The summed E-state index contributed by atoms with van der Waals surface area (Å²) in [5.74, 6) is 0.491. The summed E-state index contributed by atoms with van der Waals surface area (Å²) < 4.78 is 10.2. The lowest BCUT2D eigenvalue weighted by Gasteiger charge is -2.04. The smallest absolute Gasteiger partial charge is 0.250 e. The first kappa shape index (κ1) is 19.8. The summed E-state index contributed by atoms with van der Waals surface area (Å²) in [6.45, 7) is 4.36. The molecule has 1 heterocycles. The predicted molar refractivity (Wildman–Crippen MR) is 114 cm³/mol. The minimum atomic E-state index is -0.222. The standard InChI is InChI=1S/C22H22N2O3S/c1-15-4-8-18(12-16(15)2)20-13-28-22(23-20)24-21(25)11-7-17-5-9-19(10-6-17)27-14-26-3/h4-13H,14H2,1-3H3,(H,23,24,25)/b11-7+. The molecule has 0 aliphatic rings. The molecule has 0 saturated heterocycles. The molecule has 6 heteroatoms. The molecular formula is C22H22N2O3S. The maximum Gasteiger partial charge on any atom is 0.250 e. The molecule has 0 aliphatic carbocycles. The number of thiazole rings is 1. The highest BCUT2D eigenvalue weighted by Crippen LogP contribution is 2.26. The number of methoxy groups -OCH3 is 1. The van der Waals surface area contributed by atoms with Crippen LogP contribution >= 0.6 is 11.3 Å². The fraction of sp³-hybridized carbons (Fsp3) is 0.182. The van der Waals surface area contributed by atoms with E-state index in [1.165, 1.54) is 28.5 Å². The van der Waals surface area contributed by atoms with Crippen LogP contribution in [0.25, 0.3) is 17.3 Å². The number of rotatable bonds is 7. The summed E-state index contributed by atoms with van der Waals surface area (Å²) in [5.41, 5.74) is 5.27. The number of benzene rings is 2. The van der Waals surface area contributed by atoms with E-state index in [2.05, 4.69) is 36.3 Å². The molecule has 5 nitrogen and oxygen atoms in total. The molecule has 0 aliphatic heterocycles. The molecule has 0 unspecified atom stereocenters. The maximum absolute atomic E-state index is 12.2. The minimum absolute atomic E-state index is 0.204. The molecule has 2 aromatic carbocycles. The van der Waals surface area contributed by atoms with E-state index in [0.29, 0.717) is 10.9 Å². The van der Waals surface area contributed by atoms with Gasteiger partial charge < -0.3 is 9.47 Å². The monoisotopic (exact) mass is 394 g/mol. The van der Waals surface area contributed by atoms with Crippen LogP contribution < -0.4 is 10.1 Å². The van der Waals surface area contributed by atoms with Crippen LogP contribution in [0.2, 0.25) is 0 Å². The molecule has 3 rings (SSSR count). The van der Waals surface area contributed by atoms with Crippen molar-refractivity contribution in [1.82, 2.24) is 4.98 Å². The predicted octanol–water partition coefficient (Wildman–Crippen LogP) is 5.06. The van der Waals surface area contributed by atoms with Gasteiger partial charge in [-0.05, 0) is 54.8 Å². The van der Waals surface area contributed by atoms with Crippen molar-refractivity contribution in [3.63, 3.8) is 0 Å². The molecular weight excluding hydrogens is 372 g/mol. The molecule has 28 heavy (non-hydrogen) atoms. The second-order valence-corrected chi connectivity index (χ2v) is 7.14. The van der Waals surface area contributed by atoms with Crippen LogP contribution in [-0.4, -0.2) is 24.8 Å². The fourth-order valence-corrected chi connectivity index (χ4v) is 3.21. The third-order valence-electron chi connectivity index (χ3n) is 4.19. The Bertz CT molecular complexity index is 978. The Morgan fingerprint density at radius 2 is 1.93 bits per heavy atom. The van der Waals surface area contributed by atoms with E-state index in [1.54, 1.807) is 13.2 Å². The highest BCUT2D eigenvalue weighted by atomic mass is 32.1. The molecule has 0 atom stereocenters. The minimum Gasteiger partial charge on any atom is -0.468 e. The van der Waals surface area contributed by atoms with Gasteiger partial charge >= 0.3 is 0 Å². The summed E-state index contributed by atoms with van der Waals surface area (Å²) in [5, 5.41) is 5.33. The number of nitrogens with zero attached hydrogens (tertiary/aromatic N) is 1. The molecule has 144 valence electrons. The summed E-state index contributed by atoms with van der Waals surface area (Å²) in [6, 6.07) is 13.6. The molecule has 0 fully saturated rings. The normalized spacial score (nSPS) is 11.0. The van der Waals surface area contributed by atoms with Crippen molar-refractivity contribution in [2.24, 2.45) is 0 Å². The van der Waals surface area contributed by atoms with Gasteiger partial charge in [0.25, 0.3) is 0 Å². The summed E-state index contributed by atoms with van der Waals surface area (Å²) in [7, 11) is 1.57. The van der Waals surface area contributed by atoms with Crippen molar-refractivity contribution in [1.29, 1.82) is 0 Å². The zero-order chi connectivity index (χ0) is 19.9. The Morgan fingerprint density at radius 1 is 1.14 bits per heavy atom. The Kier molecular flexibility index (Phi) is 6.57. The number of aromatic nitrogens is 1. The number of anilines is 1. The van der Waals surface area contributed by atoms with Gasteiger partial charge in [-0.1, -0.05) is 24.3 Å². The number of ether oxygens (including phenoxy) is 2. The van der Waals surface area contributed by atoms with Gasteiger partial charge in [-0.25, -0.2) is 4.98 Å². The largest absolute Gasteiger partial charge is 0.468 e. The molecule has 0 radical (unpaired) electrons. The lowest BCUT2D eigenvalue weighted by Crippen LogP contribution is -2.07. The number of carbonyl (C=O) groups is 1. The van der Waals surface area contributed by atoms with Crippen molar-refractivity contribution in [2.45, 2.75) is 13.8 Å². The van der Waals surface area contributed by atoms with Gasteiger partial charge in [-0.15, -0.1) is 11.3 Å². The number of hydrogen-bond donors (Lipinski definition) is 1. The van der Waals surface area contributed by atoms with Gasteiger partial charge in [0.2, 0.25) is 5.91 Å². The topological polar surface area (TPSA) is 60.5 Å². The van der Waals surface area contributed by atoms with E-state index in [0.717, 1.165) is 16.8 Å². The molecule has 1 aromatic heterocycles. The lowest BCUT2D eigenvalue weighted by atomic mass is 10.1. The van der Waals surface area contributed by atoms with Crippen LogP contribution in [0, 0.1) is 13.8 Å². The average molecular weight is 394 g/mol. The summed E-state index contributed by atoms with van der Waals surface area (Å²) >= 11 is 1.41. The Morgan fingerprint density at radius 3 is 2.64 bits per heavy atom. The molecule has 0 bridgehead atoms. The van der Waals surface area contributed by atoms with E-state index in [1.807, 2.05) is 35.7 Å². The van der Waals surface area contributed by atoms with Crippen molar-refractivity contribution in [3.05, 3.63) is 70.6 Å². The average Bonchev–Trinajstić information content (AvgIpc) is 3.16. The van der Waals surface area contributed by atoms with Gasteiger partial charge in [0.1, 0.15) is 5.75 Å². The van der Waals surface area contributed by atoms with Crippen LogP contribution in [-0.2, 0) is 9.53 Å². The Hall–Kier alpha value is -2.96. The Balaban J connectivity index is 1.59. The molecule has 3 aromatic rings. The summed E-state index contributed by atoms with van der Waals surface area (Å²) in [4.78, 5) is 16.7. The quantitative estimate of drug-likeness (QED) is 0.449. The van der Waals surface area contributed by atoms with E-state index in [-0.39, 0.29) is 12.7 Å². The number of aryl methyl sites for hydroxylation is 2. The highest BCUT2D eigenvalue weighted by Gasteiger charge is 2.07. The summed E-state index contributed by atoms with van der Waals surface area (Å²) in [6.07, 6.45) is 3.23. The lowest BCUT2D eigenvalue weighted by molar-refractivity contribution is -0.111. The van der Waals surface area contributed by atoms with Crippen LogP contribution in [0.1, 0.15) is 16.7 Å². The van der Waals surface area contributed by atoms with E-state index in [9.17, 15) is 4.79 Å². The van der Waals surface area contributed by atoms with Gasteiger partial charge in [0, 0.05) is 24.1 Å². The van der Waals surface area contributed by atoms with Crippen LogP contribution in [0.5, 0.6) is 5.75 Å². The first-order valence-electron chi connectivity index (χ1n) is 8.79. The van der Waals surface area contributed by atoms with Crippen molar-refractivity contribution < 1.29 is 14.3 Å². The zero-order valence-electron chi connectivity index (χ0n) is 16.1. The van der Waals surface area contributed by atoms with E-state index >= 15 is 0 Å². The van der Waals surface area contributed by atoms with Crippen LogP contribution in [0.15, 0.2) is 53.9 Å². The van der Waals surface area contributed by atoms with Gasteiger partial charge in [0.15, 0.2) is 11.9 Å². The zero-order valence-corrected chi connectivity index (χ0v) is 16.9. The van der Waals surface area contributed by atoms with Crippen molar-refractivity contribution in [2.75, 3.05) is 19.2 Å². The first-order valence-corrected chi connectivity index (χ1v) is 9.67. The maximum atomic E-state index is 12.2. The van der Waals surface area contributed by atoms with Crippen LogP contribution in [0.4, 0.5) is 5.13 Å². The van der Waals surface area contributed by atoms with Crippen molar-refractivity contribution in [3.8, 4) is 17.0 Å².